The Bertz CT molecular complexity index is 1260. The Labute approximate surface area is 239 Å². The average Bonchev–Trinajstić information content (AvgIpc) is 2.95. The molecule has 3 aromatic rings. The quantitative estimate of drug-likeness (QED) is 0.148. The molecule has 0 spiro atoms. The Balaban J connectivity index is 2.00. The normalized spacial score (nSPS) is 12.3. The fourth-order valence-electron chi connectivity index (χ4n) is 5.59. The van der Waals surface area contributed by atoms with Crippen molar-refractivity contribution in [3.63, 3.8) is 0 Å². The minimum Gasteiger partial charge on any atom is -0.253 e. The number of hydrogen-bond donors (Lipinski definition) is 0. The molecule has 0 amide bonds. The lowest BCUT2D eigenvalue weighted by atomic mass is 9.88. The zero-order valence-corrected chi connectivity index (χ0v) is 25.8. The first-order valence-corrected chi connectivity index (χ1v) is 15.5. The summed E-state index contributed by atoms with van der Waals surface area (Å²) in [7, 11) is 0. The summed E-state index contributed by atoms with van der Waals surface area (Å²) in [5.41, 5.74) is 14.7. The molecular weight excluding hydrogens is 470 g/mol. The molecule has 0 aliphatic rings. The van der Waals surface area contributed by atoms with Gasteiger partial charge in [-0.05, 0) is 128 Å². The fraction of sp³-hybridized carbons (Fsp3) is 0.447. The molecule has 0 aliphatic heterocycles. The molecule has 3 rings (SSSR count). The van der Waals surface area contributed by atoms with Crippen LogP contribution in [0.4, 0.5) is 5.69 Å². The molecule has 0 saturated heterocycles. The molecule has 0 atom stereocenters. The van der Waals surface area contributed by atoms with E-state index in [2.05, 4.69) is 109 Å². The summed E-state index contributed by atoms with van der Waals surface area (Å²) < 4.78 is 0. The Morgan fingerprint density at radius 1 is 0.769 bits per heavy atom. The second-order valence-corrected chi connectivity index (χ2v) is 11.1. The number of rotatable bonds is 14. The smallest absolute Gasteiger partial charge is 0.0638 e. The summed E-state index contributed by atoms with van der Waals surface area (Å²) in [4.78, 5) is 5.21. The maximum Gasteiger partial charge on any atom is 0.0638 e. The van der Waals surface area contributed by atoms with Gasteiger partial charge in [-0.3, -0.25) is 4.99 Å². The number of benzene rings is 3. The van der Waals surface area contributed by atoms with E-state index in [-0.39, 0.29) is 0 Å². The van der Waals surface area contributed by atoms with Gasteiger partial charge in [-0.2, -0.15) is 0 Å². The van der Waals surface area contributed by atoms with E-state index in [0.29, 0.717) is 0 Å². The highest BCUT2D eigenvalue weighted by Crippen LogP contribution is 2.31. The second-order valence-electron chi connectivity index (χ2n) is 11.1. The van der Waals surface area contributed by atoms with Crippen molar-refractivity contribution in [2.45, 2.75) is 113 Å². The molecule has 0 aromatic heterocycles. The van der Waals surface area contributed by atoms with Gasteiger partial charge in [0.1, 0.15) is 0 Å². The van der Waals surface area contributed by atoms with E-state index >= 15 is 0 Å². The Kier molecular flexibility index (Phi) is 12.2. The first-order chi connectivity index (χ1) is 18.9. The third kappa shape index (κ3) is 8.53. The van der Waals surface area contributed by atoms with Crippen LogP contribution >= 0.6 is 0 Å². The third-order valence-electron chi connectivity index (χ3n) is 8.11. The van der Waals surface area contributed by atoms with Crippen LogP contribution in [0.3, 0.4) is 0 Å². The van der Waals surface area contributed by atoms with Crippen LogP contribution in [0.5, 0.6) is 0 Å². The van der Waals surface area contributed by atoms with Gasteiger partial charge >= 0.3 is 0 Å². The molecule has 0 heterocycles. The Morgan fingerprint density at radius 2 is 1.51 bits per heavy atom. The van der Waals surface area contributed by atoms with Crippen molar-refractivity contribution in [2.24, 2.45) is 4.99 Å². The number of aliphatic imine (C=N–C) groups is 1. The second kappa shape index (κ2) is 15.6. The Hall–Kier alpha value is -2.93. The van der Waals surface area contributed by atoms with Gasteiger partial charge in [0.05, 0.1) is 5.69 Å². The number of aryl methyl sites for hydroxylation is 3. The van der Waals surface area contributed by atoms with Crippen LogP contribution in [-0.2, 0) is 19.3 Å². The van der Waals surface area contributed by atoms with Crippen LogP contribution in [0, 0.1) is 13.8 Å². The molecule has 208 valence electrons. The largest absolute Gasteiger partial charge is 0.253 e. The third-order valence-corrected chi connectivity index (χ3v) is 8.11. The monoisotopic (exact) mass is 521 g/mol. The van der Waals surface area contributed by atoms with Crippen LogP contribution in [0.25, 0.3) is 17.2 Å². The van der Waals surface area contributed by atoms with Gasteiger partial charge in [0.2, 0.25) is 0 Å². The van der Waals surface area contributed by atoms with Gasteiger partial charge in [-0.1, -0.05) is 95.9 Å². The van der Waals surface area contributed by atoms with Crippen molar-refractivity contribution in [3.05, 3.63) is 93.6 Å². The number of nitrogens with zero attached hydrogens (tertiary/aromatic N) is 1. The maximum absolute atomic E-state index is 5.21. The van der Waals surface area contributed by atoms with Crippen LogP contribution in [-0.4, -0.2) is 5.71 Å². The number of hydrogen-bond acceptors (Lipinski definition) is 1. The lowest BCUT2D eigenvalue weighted by Gasteiger charge is -2.17. The van der Waals surface area contributed by atoms with Crippen molar-refractivity contribution < 1.29 is 0 Å². The van der Waals surface area contributed by atoms with Crippen LogP contribution < -0.4 is 0 Å². The van der Waals surface area contributed by atoms with Gasteiger partial charge in [0.15, 0.2) is 0 Å². The van der Waals surface area contributed by atoms with Crippen molar-refractivity contribution in [1.29, 1.82) is 0 Å². The summed E-state index contributed by atoms with van der Waals surface area (Å²) >= 11 is 0. The maximum atomic E-state index is 5.21. The lowest BCUT2D eigenvalue weighted by Crippen LogP contribution is -2.01. The van der Waals surface area contributed by atoms with Crippen molar-refractivity contribution in [2.75, 3.05) is 0 Å². The number of unbranched alkanes of at least 4 members (excludes halogenated alkanes) is 4. The predicted octanol–water partition coefficient (Wildman–Crippen LogP) is 11.6. The highest BCUT2D eigenvalue weighted by molar-refractivity contribution is 6.04. The van der Waals surface area contributed by atoms with Gasteiger partial charge in [-0.15, -0.1) is 0 Å². The highest BCUT2D eigenvalue weighted by atomic mass is 14.7. The lowest BCUT2D eigenvalue weighted by molar-refractivity contribution is 0.665. The van der Waals surface area contributed by atoms with E-state index in [0.717, 1.165) is 31.4 Å². The SMILES string of the molecule is CCCCCCc1cc(N=C(CC)C(C)=Cc2cc(CC)c(CCCC)c(-c3ccccc3)c2)cc(C)c1C. The zero-order valence-electron chi connectivity index (χ0n) is 25.8. The minimum atomic E-state index is 0.919. The van der Waals surface area contributed by atoms with E-state index in [4.69, 9.17) is 4.99 Å². The predicted molar refractivity (Wildman–Crippen MR) is 175 cm³/mol. The zero-order chi connectivity index (χ0) is 28.2. The number of allylic oxidation sites excluding steroid dienone is 1. The van der Waals surface area contributed by atoms with Crippen molar-refractivity contribution >= 4 is 17.5 Å². The van der Waals surface area contributed by atoms with Gasteiger partial charge < -0.3 is 0 Å². The van der Waals surface area contributed by atoms with Crippen LogP contribution in [0.1, 0.15) is 113 Å². The molecule has 0 radical (unpaired) electrons. The van der Waals surface area contributed by atoms with Gasteiger partial charge in [0, 0.05) is 5.71 Å². The fourth-order valence-corrected chi connectivity index (χ4v) is 5.59. The van der Waals surface area contributed by atoms with Crippen molar-refractivity contribution in [3.8, 4) is 11.1 Å². The van der Waals surface area contributed by atoms with E-state index in [1.807, 2.05) is 0 Å². The van der Waals surface area contributed by atoms with Crippen LogP contribution in [0.15, 0.2) is 65.2 Å². The average molecular weight is 522 g/mol. The minimum absolute atomic E-state index is 0.919. The highest BCUT2D eigenvalue weighted by Gasteiger charge is 2.12. The van der Waals surface area contributed by atoms with Gasteiger partial charge in [-0.25, -0.2) is 0 Å². The molecule has 0 bridgehead atoms. The van der Waals surface area contributed by atoms with Crippen molar-refractivity contribution in [1.82, 2.24) is 0 Å². The molecule has 0 N–H and O–H groups in total. The molecule has 0 unspecified atom stereocenters. The standard InChI is InChI=1S/C38H51N/c1-8-12-14-16-21-34-27-35(24-28(5)30(34)7)39-38(11-4)29(6)23-31-25-32(10-3)36(22-13-9-2)37(26-31)33-19-17-15-18-20-33/h15,17-20,23-27H,8-14,16,21-22H2,1-7H3. The first kappa shape index (κ1) is 30.6. The molecule has 1 nitrogen and oxygen atoms in total. The molecule has 1 heteroatoms. The molecular formula is C38H51N. The topological polar surface area (TPSA) is 12.4 Å². The summed E-state index contributed by atoms with van der Waals surface area (Å²) in [5, 5.41) is 0. The molecule has 3 aromatic carbocycles. The van der Waals surface area contributed by atoms with E-state index in [9.17, 15) is 0 Å². The van der Waals surface area contributed by atoms with E-state index < -0.39 is 0 Å². The first-order valence-electron chi connectivity index (χ1n) is 15.5. The van der Waals surface area contributed by atoms with Gasteiger partial charge in [0.25, 0.3) is 0 Å². The molecule has 39 heavy (non-hydrogen) atoms. The molecule has 0 fully saturated rings. The van der Waals surface area contributed by atoms with Crippen LogP contribution in [0.2, 0.25) is 0 Å². The molecule has 0 aliphatic carbocycles. The van der Waals surface area contributed by atoms with E-state index in [1.165, 1.54) is 94.3 Å². The molecule has 0 saturated carbocycles. The Morgan fingerprint density at radius 3 is 2.18 bits per heavy atom. The summed E-state index contributed by atoms with van der Waals surface area (Å²) in [6.45, 7) is 15.8. The van der Waals surface area contributed by atoms with E-state index in [1.54, 1.807) is 0 Å². The summed E-state index contributed by atoms with van der Waals surface area (Å²) in [5.74, 6) is 0. The summed E-state index contributed by atoms with van der Waals surface area (Å²) in [6, 6.07) is 20.3. The summed E-state index contributed by atoms with van der Waals surface area (Å²) in [6.07, 6.45) is 14.2.